The first-order valence-corrected chi connectivity index (χ1v) is 12.8. The molecule has 36 heavy (non-hydrogen) atoms. The predicted octanol–water partition coefficient (Wildman–Crippen LogP) is 4.41. The molecule has 8 nitrogen and oxygen atoms in total. The van der Waals surface area contributed by atoms with Crippen molar-refractivity contribution in [2.75, 3.05) is 38.6 Å². The minimum Gasteiger partial charge on any atom is -0.444 e. The van der Waals surface area contributed by atoms with E-state index in [0.29, 0.717) is 19.5 Å². The smallest absolute Gasteiger partial charge is 0.408 e. The van der Waals surface area contributed by atoms with Gasteiger partial charge < -0.3 is 24.8 Å². The lowest BCUT2D eigenvalue weighted by molar-refractivity contribution is -0.133. The van der Waals surface area contributed by atoms with E-state index in [1.54, 1.807) is 31.7 Å². The Morgan fingerprint density at radius 2 is 1.94 bits per heavy atom. The second kappa shape index (κ2) is 14.6. The molecule has 3 unspecified atom stereocenters. The lowest BCUT2D eigenvalue weighted by Gasteiger charge is -2.35. The van der Waals surface area contributed by atoms with Crippen LogP contribution in [0.1, 0.15) is 60.8 Å². The van der Waals surface area contributed by atoms with Crippen LogP contribution < -0.4 is 10.2 Å². The van der Waals surface area contributed by atoms with Crippen LogP contribution in [-0.4, -0.2) is 79.3 Å². The van der Waals surface area contributed by atoms with Gasteiger partial charge in [0, 0.05) is 38.4 Å². The summed E-state index contributed by atoms with van der Waals surface area (Å²) in [5.74, 6) is -0.578. The van der Waals surface area contributed by atoms with Crippen molar-refractivity contribution in [1.82, 2.24) is 15.1 Å². The monoisotopic (exact) mass is 505 g/mol. The Balaban J connectivity index is 0.00000316. The molecule has 0 bridgehead atoms. The highest BCUT2D eigenvalue weighted by Crippen LogP contribution is 2.20. The lowest BCUT2D eigenvalue weighted by Crippen LogP contribution is -2.55. The number of nitrogens with zero attached hydrogens (tertiary/aromatic N) is 4. The topological polar surface area (TPSA) is 88.9 Å². The van der Waals surface area contributed by atoms with Crippen molar-refractivity contribution in [1.29, 1.82) is 5.26 Å². The van der Waals surface area contributed by atoms with E-state index in [2.05, 4.69) is 18.3 Å². The molecule has 0 radical (unpaired) electrons. The third-order valence-corrected chi connectivity index (χ3v) is 5.93. The molecule has 1 aliphatic rings. The summed E-state index contributed by atoms with van der Waals surface area (Å²) in [5, 5.41) is 12.1. The average molecular weight is 506 g/mol. The summed E-state index contributed by atoms with van der Waals surface area (Å²) in [6, 6.07) is 7.35. The van der Waals surface area contributed by atoms with Crippen molar-refractivity contribution in [3.05, 3.63) is 30.1 Å². The number of hydrogen-bond acceptors (Lipinski definition) is 6. The molecule has 0 aromatic heterocycles. The predicted molar refractivity (Wildman–Crippen MR) is 141 cm³/mol. The standard InChI is InChI=1S/C25H38FN5O3.C2H6/c1-7-19(30(6)20-11-8-10-18(26)14-20)16-29(5)17-22(28-24(33)34-25(2,3)4)23(32)31-13-9-12-21(31)15-27;1-2/h8,10-11,14,19,21-22H,7,9,12-13,16-17H2,1-6H3,(H,28,33);1-2H3. The molecule has 202 valence electrons. The van der Waals surface area contributed by atoms with Crippen molar-refractivity contribution in [3.63, 3.8) is 0 Å². The molecule has 1 heterocycles. The number of nitrogens with one attached hydrogen (secondary N) is 1. The molecular formula is C27H44FN5O3. The summed E-state index contributed by atoms with van der Waals surface area (Å²) in [5.41, 5.74) is 0.0709. The van der Waals surface area contributed by atoms with Gasteiger partial charge in [-0.2, -0.15) is 5.26 Å². The highest BCUT2D eigenvalue weighted by Gasteiger charge is 2.35. The third kappa shape index (κ3) is 9.65. The molecular weight excluding hydrogens is 461 g/mol. The number of benzene rings is 1. The van der Waals surface area contributed by atoms with Crippen molar-refractivity contribution >= 4 is 17.7 Å². The maximum absolute atomic E-state index is 13.7. The molecule has 1 aromatic carbocycles. The van der Waals surface area contributed by atoms with E-state index in [9.17, 15) is 19.2 Å². The number of alkyl carbamates (subject to hydrolysis) is 1. The maximum Gasteiger partial charge on any atom is 0.408 e. The van der Waals surface area contributed by atoms with Gasteiger partial charge in [0.05, 0.1) is 6.07 Å². The van der Waals surface area contributed by atoms with E-state index in [1.165, 1.54) is 12.1 Å². The Bertz CT molecular complexity index is 883. The van der Waals surface area contributed by atoms with E-state index in [-0.39, 0.29) is 24.3 Å². The van der Waals surface area contributed by atoms with Gasteiger partial charge >= 0.3 is 6.09 Å². The first-order valence-electron chi connectivity index (χ1n) is 12.8. The van der Waals surface area contributed by atoms with Gasteiger partial charge in [-0.1, -0.05) is 26.8 Å². The summed E-state index contributed by atoms with van der Waals surface area (Å²) in [6.45, 7) is 12.7. The minimum atomic E-state index is -0.856. The summed E-state index contributed by atoms with van der Waals surface area (Å²) < 4.78 is 19.1. The average Bonchev–Trinajstić information content (AvgIpc) is 3.30. The van der Waals surface area contributed by atoms with Crippen LogP contribution in [0.4, 0.5) is 14.9 Å². The molecule has 2 rings (SSSR count). The maximum atomic E-state index is 13.7. The SMILES string of the molecule is CC.CCC(CN(C)CC(NC(=O)OC(C)(C)C)C(=O)N1CCCC1C#N)N(C)c1cccc(F)c1. The van der Waals surface area contributed by atoms with Gasteiger partial charge in [-0.25, -0.2) is 9.18 Å². The van der Waals surface area contributed by atoms with Gasteiger partial charge in [-0.05, 0) is 65.3 Å². The molecule has 1 N–H and O–H groups in total. The summed E-state index contributed by atoms with van der Waals surface area (Å²) in [7, 11) is 3.80. The number of nitriles is 1. The van der Waals surface area contributed by atoms with Crippen LogP contribution >= 0.6 is 0 Å². The Hall–Kier alpha value is -2.86. The number of carbonyl (C=O) groups is 2. The van der Waals surface area contributed by atoms with Gasteiger partial charge in [-0.15, -0.1) is 0 Å². The summed E-state index contributed by atoms with van der Waals surface area (Å²) >= 11 is 0. The summed E-state index contributed by atoms with van der Waals surface area (Å²) in [4.78, 5) is 31.4. The largest absolute Gasteiger partial charge is 0.444 e. The van der Waals surface area contributed by atoms with Crippen LogP contribution in [0, 0.1) is 17.1 Å². The van der Waals surface area contributed by atoms with Crippen LogP contribution in [-0.2, 0) is 9.53 Å². The Labute approximate surface area is 216 Å². The van der Waals surface area contributed by atoms with E-state index in [0.717, 1.165) is 18.5 Å². The normalized spacial score (nSPS) is 16.9. The van der Waals surface area contributed by atoms with Crippen LogP contribution in [0.15, 0.2) is 24.3 Å². The minimum absolute atomic E-state index is 0.0581. The fraction of sp³-hybridized carbons (Fsp3) is 0.667. The first kappa shape index (κ1) is 31.2. The van der Waals surface area contributed by atoms with Crippen LogP contribution in [0.5, 0.6) is 0 Å². The molecule has 1 fully saturated rings. The highest BCUT2D eigenvalue weighted by molar-refractivity contribution is 5.86. The number of amides is 2. The lowest BCUT2D eigenvalue weighted by atomic mass is 10.1. The molecule has 9 heteroatoms. The highest BCUT2D eigenvalue weighted by atomic mass is 19.1. The van der Waals surface area contributed by atoms with Gasteiger partial charge in [0.25, 0.3) is 0 Å². The number of likely N-dealkylation sites (tertiary alicyclic amines) is 1. The van der Waals surface area contributed by atoms with E-state index in [4.69, 9.17) is 4.74 Å². The molecule has 2 amide bonds. The van der Waals surface area contributed by atoms with Gasteiger partial charge in [0.1, 0.15) is 23.5 Å². The Morgan fingerprint density at radius 3 is 2.50 bits per heavy atom. The fourth-order valence-electron chi connectivity index (χ4n) is 4.18. The number of anilines is 1. The van der Waals surface area contributed by atoms with Crippen molar-refractivity contribution < 1.29 is 18.7 Å². The van der Waals surface area contributed by atoms with Gasteiger partial charge in [0.15, 0.2) is 0 Å². The number of ether oxygens (including phenoxy) is 1. The van der Waals surface area contributed by atoms with E-state index >= 15 is 0 Å². The van der Waals surface area contributed by atoms with E-state index < -0.39 is 23.8 Å². The van der Waals surface area contributed by atoms with Crippen LogP contribution in [0.2, 0.25) is 0 Å². The number of hydrogen-bond donors (Lipinski definition) is 1. The molecule has 0 aliphatic carbocycles. The van der Waals surface area contributed by atoms with Gasteiger partial charge in [0.2, 0.25) is 5.91 Å². The van der Waals surface area contributed by atoms with Crippen molar-refractivity contribution in [2.24, 2.45) is 0 Å². The zero-order valence-electron chi connectivity index (χ0n) is 23.2. The molecule has 0 spiro atoms. The molecule has 1 aromatic rings. The number of rotatable bonds is 9. The number of carbonyl (C=O) groups excluding carboxylic acids is 2. The second-order valence-electron chi connectivity index (χ2n) is 9.89. The zero-order valence-corrected chi connectivity index (χ0v) is 23.2. The zero-order chi connectivity index (χ0) is 27.5. The third-order valence-electron chi connectivity index (χ3n) is 5.93. The Morgan fingerprint density at radius 1 is 1.28 bits per heavy atom. The van der Waals surface area contributed by atoms with Crippen LogP contribution in [0.3, 0.4) is 0 Å². The molecule has 1 saturated heterocycles. The summed E-state index contributed by atoms with van der Waals surface area (Å²) in [6.07, 6.45) is 1.52. The van der Waals surface area contributed by atoms with Gasteiger partial charge in [-0.3, -0.25) is 4.79 Å². The first-order chi connectivity index (χ1) is 16.9. The Kier molecular flexibility index (Phi) is 12.7. The molecule has 3 atom stereocenters. The van der Waals surface area contributed by atoms with Crippen molar-refractivity contribution in [3.8, 4) is 6.07 Å². The van der Waals surface area contributed by atoms with Crippen molar-refractivity contribution in [2.45, 2.75) is 84.5 Å². The fourth-order valence-corrected chi connectivity index (χ4v) is 4.18. The van der Waals surface area contributed by atoms with Crippen LogP contribution in [0.25, 0.3) is 0 Å². The second-order valence-corrected chi connectivity index (χ2v) is 9.89. The van der Waals surface area contributed by atoms with E-state index in [1.807, 2.05) is 43.8 Å². The number of likely N-dealkylation sites (N-methyl/N-ethyl adjacent to an activating group) is 2. The molecule has 1 aliphatic heterocycles. The quantitative estimate of drug-likeness (QED) is 0.535. The molecule has 0 saturated carbocycles. The number of halogens is 1.